The van der Waals surface area contributed by atoms with E-state index >= 15 is 0 Å². The lowest BCUT2D eigenvalue weighted by molar-refractivity contribution is 0.0996. The molecular weight excluding hydrogens is 280 g/mol. The number of hydrogen-bond acceptors (Lipinski definition) is 3. The molecule has 1 aliphatic rings. The van der Waals surface area contributed by atoms with E-state index in [0.717, 1.165) is 33.1 Å². The Morgan fingerprint density at radius 1 is 1.42 bits per heavy atom. The van der Waals surface area contributed by atoms with Crippen molar-refractivity contribution in [1.29, 1.82) is 0 Å². The first kappa shape index (κ1) is 12.7. The molecule has 98 valence electrons. The lowest BCUT2D eigenvalue weighted by Crippen LogP contribution is -2.03. The monoisotopic (exact) mass is 292 g/mol. The fourth-order valence-corrected chi connectivity index (χ4v) is 3.39. The molecule has 0 saturated carbocycles. The molecule has 0 N–H and O–H groups in total. The molecule has 0 unspecified atom stereocenters. The van der Waals surface area contributed by atoms with Crippen LogP contribution in [0.15, 0.2) is 24.3 Å². The van der Waals surface area contributed by atoms with Gasteiger partial charge < -0.3 is 4.74 Å². The van der Waals surface area contributed by atoms with E-state index in [1.165, 1.54) is 11.3 Å². The molecule has 2 nitrogen and oxygen atoms in total. The third-order valence-corrected chi connectivity index (χ3v) is 4.45. The minimum absolute atomic E-state index is 0.123. The summed E-state index contributed by atoms with van der Waals surface area (Å²) < 4.78 is 5.62. The summed E-state index contributed by atoms with van der Waals surface area (Å²) in [7, 11) is 0. The normalized spacial score (nSPS) is 13.2. The Morgan fingerprint density at radius 2 is 2.26 bits per heavy atom. The van der Waals surface area contributed by atoms with Gasteiger partial charge in [0.15, 0.2) is 5.78 Å². The second-order valence-electron chi connectivity index (χ2n) is 4.66. The van der Waals surface area contributed by atoms with Crippen molar-refractivity contribution in [3.63, 3.8) is 0 Å². The van der Waals surface area contributed by atoms with Crippen molar-refractivity contribution in [2.45, 2.75) is 19.8 Å². The highest BCUT2D eigenvalue weighted by Crippen LogP contribution is 2.33. The number of halogens is 1. The quantitative estimate of drug-likeness (QED) is 0.797. The number of ketones is 1. The predicted molar refractivity (Wildman–Crippen MR) is 77.7 cm³/mol. The molecule has 0 spiro atoms. The van der Waals surface area contributed by atoms with Gasteiger partial charge in [0.2, 0.25) is 0 Å². The standard InChI is InChI=1S/C15H13ClO2S/c1-9-2-3-14(19-9)13(17)8-11-7-12(16)6-10-4-5-18-15(10)11/h2-3,6-7H,4-5,8H2,1H3. The largest absolute Gasteiger partial charge is 0.493 e. The number of Topliss-reactive ketones (excluding diaryl/α,β-unsaturated/α-hetero) is 1. The van der Waals surface area contributed by atoms with Gasteiger partial charge in [-0.25, -0.2) is 0 Å². The molecule has 0 atom stereocenters. The molecule has 3 rings (SSSR count). The van der Waals surface area contributed by atoms with E-state index in [1.54, 1.807) is 0 Å². The fraction of sp³-hybridized carbons (Fsp3) is 0.267. The Bertz CT molecular complexity index is 646. The van der Waals surface area contributed by atoms with E-state index in [1.807, 2.05) is 31.2 Å². The van der Waals surface area contributed by atoms with Crippen LogP contribution >= 0.6 is 22.9 Å². The van der Waals surface area contributed by atoms with Crippen molar-refractivity contribution < 1.29 is 9.53 Å². The number of hydrogen-bond donors (Lipinski definition) is 0. The highest BCUT2D eigenvalue weighted by molar-refractivity contribution is 7.14. The zero-order valence-corrected chi connectivity index (χ0v) is 12.1. The first-order chi connectivity index (χ1) is 9.13. The van der Waals surface area contributed by atoms with Gasteiger partial charge in [0, 0.05) is 28.3 Å². The van der Waals surface area contributed by atoms with Gasteiger partial charge in [0.05, 0.1) is 11.5 Å². The minimum atomic E-state index is 0.123. The Kier molecular flexibility index (Phi) is 3.33. The molecule has 1 aliphatic heterocycles. The van der Waals surface area contributed by atoms with E-state index in [2.05, 4.69) is 0 Å². The van der Waals surface area contributed by atoms with Crippen LogP contribution in [0.4, 0.5) is 0 Å². The summed E-state index contributed by atoms with van der Waals surface area (Å²) in [5.41, 5.74) is 2.01. The van der Waals surface area contributed by atoms with Crippen molar-refractivity contribution in [2.24, 2.45) is 0 Å². The molecule has 19 heavy (non-hydrogen) atoms. The van der Waals surface area contributed by atoms with Gasteiger partial charge >= 0.3 is 0 Å². The Hall–Kier alpha value is -1.32. The van der Waals surface area contributed by atoms with Crippen molar-refractivity contribution >= 4 is 28.7 Å². The van der Waals surface area contributed by atoms with E-state index in [0.29, 0.717) is 18.1 Å². The zero-order valence-electron chi connectivity index (χ0n) is 10.5. The first-order valence-corrected chi connectivity index (χ1v) is 7.36. The van der Waals surface area contributed by atoms with Crippen molar-refractivity contribution in [1.82, 2.24) is 0 Å². The molecule has 0 saturated heterocycles. The molecule has 1 aromatic heterocycles. The van der Waals surface area contributed by atoms with Crippen LogP contribution in [0.1, 0.15) is 25.7 Å². The molecule has 0 amide bonds. The third-order valence-electron chi connectivity index (χ3n) is 3.19. The summed E-state index contributed by atoms with van der Waals surface area (Å²) in [6.45, 7) is 2.68. The molecule has 0 aliphatic carbocycles. The summed E-state index contributed by atoms with van der Waals surface area (Å²) in [5.74, 6) is 0.976. The summed E-state index contributed by atoms with van der Waals surface area (Å²) in [6, 6.07) is 7.61. The highest BCUT2D eigenvalue weighted by atomic mass is 35.5. The molecule has 0 fully saturated rings. The Labute approximate surface area is 121 Å². The van der Waals surface area contributed by atoms with Gasteiger partial charge in [0.1, 0.15) is 5.75 Å². The molecular formula is C15H13ClO2S. The predicted octanol–water partition coefficient (Wildman–Crippen LogP) is 4.07. The van der Waals surface area contributed by atoms with Crippen molar-refractivity contribution in [3.8, 4) is 5.75 Å². The van der Waals surface area contributed by atoms with Crippen LogP contribution in [-0.2, 0) is 12.8 Å². The summed E-state index contributed by atoms with van der Waals surface area (Å²) in [4.78, 5) is 14.2. The number of thiophene rings is 1. The maximum absolute atomic E-state index is 12.3. The lowest BCUT2D eigenvalue weighted by atomic mass is 10.0. The number of fused-ring (bicyclic) bond motifs is 1. The third kappa shape index (κ3) is 2.53. The molecule has 0 bridgehead atoms. The number of ether oxygens (including phenoxy) is 1. The van der Waals surface area contributed by atoms with Crippen LogP contribution in [0.25, 0.3) is 0 Å². The van der Waals surface area contributed by atoms with Gasteiger partial charge in [-0.1, -0.05) is 11.6 Å². The first-order valence-electron chi connectivity index (χ1n) is 6.17. The van der Waals surface area contributed by atoms with Crippen LogP contribution in [-0.4, -0.2) is 12.4 Å². The van der Waals surface area contributed by atoms with Gasteiger partial charge in [-0.15, -0.1) is 11.3 Å². The molecule has 2 aromatic rings. The fourth-order valence-electron chi connectivity index (χ4n) is 2.32. The Morgan fingerprint density at radius 3 is 3.00 bits per heavy atom. The highest BCUT2D eigenvalue weighted by Gasteiger charge is 2.20. The van der Waals surface area contributed by atoms with E-state index < -0.39 is 0 Å². The van der Waals surface area contributed by atoms with Gasteiger partial charge in [-0.05, 0) is 36.8 Å². The van der Waals surface area contributed by atoms with Crippen LogP contribution in [0.5, 0.6) is 5.75 Å². The van der Waals surface area contributed by atoms with E-state index in [4.69, 9.17) is 16.3 Å². The van der Waals surface area contributed by atoms with Crippen LogP contribution in [0.3, 0.4) is 0 Å². The van der Waals surface area contributed by atoms with Gasteiger partial charge in [-0.2, -0.15) is 0 Å². The number of aryl methyl sites for hydroxylation is 1. The van der Waals surface area contributed by atoms with Crippen molar-refractivity contribution in [3.05, 3.63) is 50.2 Å². The summed E-state index contributed by atoms with van der Waals surface area (Å²) >= 11 is 7.63. The maximum atomic E-state index is 12.3. The average Bonchev–Trinajstić information content (AvgIpc) is 2.97. The number of rotatable bonds is 3. The second kappa shape index (κ2) is 4.99. The summed E-state index contributed by atoms with van der Waals surface area (Å²) in [5, 5.41) is 0.675. The van der Waals surface area contributed by atoms with Crippen molar-refractivity contribution in [2.75, 3.05) is 6.61 Å². The molecule has 0 radical (unpaired) electrons. The molecule has 1 aromatic carbocycles. The molecule has 2 heterocycles. The number of carbonyl (C=O) groups excluding carboxylic acids is 1. The minimum Gasteiger partial charge on any atom is -0.493 e. The average molecular weight is 293 g/mol. The van der Waals surface area contributed by atoms with E-state index in [-0.39, 0.29) is 5.78 Å². The van der Waals surface area contributed by atoms with Gasteiger partial charge in [0.25, 0.3) is 0 Å². The SMILES string of the molecule is Cc1ccc(C(=O)Cc2cc(Cl)cc3c2OCC3)s1. The lowest BCUT2D eigenvalue weighted by Gasteiger charge is -2.07. The van der Waals surface area contributed by atoms with Crippen LogP contribution in [0.2, 0.25) is 5.02 Å². The second-order valence-corrected chi connectivity index (χ2v) is 6.39. The molecule has 4 heteroatoms. The zero-order chi connectivity index (χ0) is 13.4. The van der Waals surface area contributed by atoms with Gasteiger partial charge in [-0.3, -0.25) is 4.79 Å². The summed E-state index contributed by atoms with van der Waals surface area (Å²) in [6.07, 6.45) is 1.22. The number of carbonyl (C=O) groups is 1. The maximum Gasteiger partial charge on any atom is 0.177 e. The number of benzene rings is 1. The van der Waals surface area contributed by atoms with E-state index in [9.17, 15) is 4.79 Å². The van der Waals surface area contributed by atoms with Crippen LogP contribution in [0, 0.1) is 6.92 Å². The Balaban J connectivity index is 1.90. The topological polar surface area (TPSA) is 26.3 Å². The smallest absolute Gasteiger partial charge is 0.177 e. The van der Waals surface area contributed by atoms with Crippen LogP contribution < -0.4 is 4.74 Å².